The van der Waals surface area contributed by atoms with Gasteiger partial charge in [0.15, 0.2) is 0 Å². The van der Waals surface area contributed by atoms with Gasteiger partial charge >= 0.3 is 0 Å². The van der Waals surface area contributed by atoms with Crippen LogP contribution in [0.4, 0.5) is 5.69 Å². The van der Waals surface area contributed by atoms with Gasteiger partial charge in [-0.15, -0.1) is 12.4 Å². The maximum atomic E-state index is 5.60. The molecule has 3 nitrogen and oxygen atoms in total. The molecule has 0 spiro atoms. The smallest absolute Gasteiger partial charge is 0.121 e. The lowest BCUT2D eigenvalue weighted by Gasteiger charge is -2.10. The van der Waals surface area contributed by atoms with Crippen LogP contribution in [0.25, 0.3) is 0 Å². The van der Waals surface area contributed by atoms with Gasteiger partial charge in [-0.05, 0) is 26.2 Å². The van der Waals surface area contributed by atoms with E-state index in [1.54, 1.807) is 0 Å². The number of ether oxygens (including phenoxy) is 1. The van der Waals surface area contributed by atoms with Crippen LogP contribution in [-0.2, 0) is 0 Å². The summed E-state index contributed by atoms with van der Waals surface area (Å²) in [5, 5.41) is 0. The molecule has 0 aromatic heterocycles. The first kappa shape index (κ1) is 13.1. The maximum absolute atomic E-state index is 5.60. The highest BCUT2D eigenvalue weighted by atomic mass is 35.5. The Bertz CT molecular complexity index is 266. The Morgan fingerprint density at radius 3 is 2.64 bits per heavy atom. The summed E-state index contributed by atoms with van der Waals surface area (Å²) in [6.07, 6.45) is 0. The van der Waals surface area contributed by atoms with E-state index in [1.807, 2.05) is 38.4 Å². The highest BCUT2D eigenvalue weighted by Crippen LogP contribution is 2.13. The van der Waals surface area contributed by atoms with Crippen LogP contribution in [0, 0.1) is 0 Å². The molecule has 1 aromatic rings. The number of nitrogens with two attached hydrogens (primary N) is 1. The van der Waals surface area contributed by atoms with Crippen LogP contribution >= 0.6 is 12.4 Å². The van der Waals surface area contributed by atoms with Crippen LogP contribution in [0.2, 0.25) is 0 Å². The molecule has 0 atom stereocenters. The van der Waals surface area contributed by atoms with Gasteiger partial charge in [0, 0.05) is 18.3 Å². The molecule has 0 aliphatic carbocycles. The molecule has 0 aliphatic heterocycles. The number of hydrogen-bond acceptors (Lipinski definition) is 3. The zero-order valence-electron chi connectivity index (χ0n) is 8.56. The number of halogens is 1. The zero-order valence-corrected chi connectivity index (χ0v) is 9.38. The summed E-state index contributed by atoms with van der Waals surface area (Å²) in [7, 11) is 4.03. The lowest BCUT2D eigenvalue weighted by molar-refractivity contribution is 0.261. The fourth-order valence-electron chi connectivity index (χ4n) is 0.950. The largest absolute Gasteiger partial charge is 0.492 e. The SMILES string of the molecule is CN(C)CCOc1cccc(N)c1.Cl. The van der Waals surface area contributed by atoms with Crippen molar-refractivity contribution >= 4 is 18.1 Å². The molecule has 4 heteroatoms. The first-order valence-electron chi connectivity index (χ1n) is 4.31. The zero-order chi connectivity index (χ0) is 9.68. The molecule has 0 unspecified atom stereocenters. The predicted octanol–water partition coefficient (Wildman–Crippen LogP) is 1.63. The van der Waals surface area contributed by atoms with Gasteiger partial charge in [-0.2, -0.15) is 0 Å². The van der Waals surface area contributed by atoms with Crippen molar-refractivity contribution in [3.63, 3.8) is 0 Å². The summed E-state index contributed by atoms with van der Waals surface area (Å²) in [5.74, 6) is 0.835. The summed E-state index contributed by atoms with van der Waals surface area (Å²) >= 11 is 0. The van der Waals surface area contributed by atoms with Crippen LogP contribution in [0.1, 0.15) is 0 Å². The van der Waals surface area contributed by atoms with Gasteiger partial charge in [-0.3, -0.25) is 0 Å². The van der Waals surface area contributed by atoms with Crippen molar-refractivity contribution in [2.24, 2.45) is 0 Å². The van der Waals surface area contributed by atoms with E-state index in [-0.39, 0.29) is 12.4 Å². The first-order chi connectivity index (χ1) is 6.18. The topological polar surface area (TPSA) is 38.5 Å². The number of likely N-dealkylation sites (N-methyl/N-ethyl adjacent to an activating group) is 1. The summed E-state index contributed by atoms with van der Waals surface area (Å²) in [4.78, 5) is 2.08. The molecule has 1 rings (SSSR count). The van der Waals surface area contributed by atoms with Crippen LogP contribution in [0.15, 0.2) is 24.3 Å². The Balaban J connectivity index is 0.00000169. The van der Waals surface area contributed by atoms with E-state index in [1.165, 1.54) is 0 Å². The Morgan fingerprint density at radius 1 is 1.36 bits per heavy atom. The third kappa shape index (κ3) is 4.94. The number of anilines is 1. The summed E-state index contributed by atoms with van der Waals surface area (Å²) in [6, 6.07) is 7.47. The fraction of sp³-hybridized carbons (Fsp3) is 0.400. The molecule has 0 saturated heterocycles. The molecule has 1 aromatic carbocycles. The number of nitrogen functional groups attached to an aromatic ring is 1. The van der Waals surface area contributed by atoms with E-state index >= 15 is 0 Å². The number of hydrogen-bond donors (Lipinski definition) is 1. The highest BCUT2D eigenvalue weighted by Gasteiger charge is 1.94. The van der Waals surface area contributed by atoms with Crippen molar-refractivity contribution in [1.29, 1.82) is 0 Å². The number of rotatable bonds is 4. The van der Waals surface area contributed by atoms with E-state index < -0.39 is 0 Å². The van der Waals surface area contributed by atoms with Crippen molar-refractivity contribution in [3.8, 4) is 5.75 Å². The van der Waals surface area contributed by atoms with Gasteiger partial charge in [-0.1, -0.05) is 6.07 Å². The molecular weight excluding hydrogens is 200 g/mol. The second kappa shape index (κ2) is 6.51. The summed E-state index contributed by atoms with van der Waals surface area (Å²) in [6.45, 7) is 1.60. The molecule has 0 bridgehead atoms. The average molecular weight is 217 g/mol. The standard InChI is InChI=1S/C10H16N2O.ClH/c1-12(2)6-7-13-10-5-3-4-9(11)8-10;/h3-5,8H,6-7,11H2,1-2H3;1H. The van der Waals surface area contributed by atoms with E-state index in [0.29, 0.717) is 6.61 Å². The Kier molecular flexibility index (Phi) is 6.08. The highest BCUT2D eigenvalue weighted by molar-refractivity contribution is 5.85. The average Bonchev–Trinajstić information content (AvgIpc) is 2.03. The Morgan fingerprint density at radius 2 is 2.07 bits per heavy atom. The van der Waals surface area contributed by atoms with E-state index in [0.717, 1.165) is 18.0 Å². The van der Waals surface area contributed by atoms with Crippen molar-refractivity contribution in [2.75, 3.05) is 33.0 Å². The molecule has 0 fully saturated rings. The molecule has 0 saturated carbocycles. The minimum atomic E-state index is 0. The second-order valence-electron chi connectivity index (χ2n) is 3.22. The molecular formula is C10H17ClN2O. The molecule has 0 heterocycles. The minimum Gasteiger partial charge on any atom is -0.492 e. The van der Waals surface area contributed by atoms with Gasteiger partial charge in [0.1, 0.15) is 12.4 Å². The van der Waals surface area contributed by atoms with E-state index in [2.05, 4.69) is 4.90 Å². The lowest BCUT2D eigenvalue weighted by atomic mass is 10.3. The fourth-order valence-corrected chi connectivity index (χ4v) is 0.950. The molecule has 0 radical (unpaired) electrons. The van der Waals surface area contributed by atoms with Gasteiger partial charge < -0.3 is 15.4 Å². The van der Waals surface area contributed by atoms with Crippen LogP contribution < -0.4 is 10.5 Å². The summed E-state index contributed by atoms with van der Waals surface area (Å²) in [5.41, 5.74) is 6.34. The predicted molar refractivity (Wildman–Crippen MR) is 62.2 cm³/mol. The van der Waals surface area contributed by atoms with Gasteiger partial charge in [0.05, 0.1) is 0 Å². The molecule has 0 amide bonds. The van der Waals surface area contributed by atoms with Gasteiger partial charge in [-0.25, -0.2) is 0 Å². The van der Waals surface area contributed by atoms with Gasteiger partial charge in [0.25, 0.3) is 0 Å². The summed E-state index contributed by atoms with van der Waals surface area (Å²) < 4.78 is 5.48. The first-order valence-corrected chi connectivity index (χ1v) is 4.31. The van der Waals surface area contributed by atoms with Crippen LogP contribution in [0.3, 0.4) is 0 Å². The van der Waals surface area contributed by atoms with Crippen molar-refractivity contribution in [3.05, 3.63) is 24.3 Å². The monoisotopic (exact) mass is 216 g/mol. The van der Waals surface area contributed by atoms with E-state index in [4.69, 9.17) is 10.5 Å². The maximum Gasteiger partial charge on any atom is 0.121 e. The molecule has 80 valence electrons. The lowest BCUT2D eigenvalue weighted by Crippen LogP contribution is -2.19. The van der Waals surface area contributed by atoms with Crippen LogP contribution in [0.5, 0.6) is 5.75 Å². The Hall–Kier alpha value is -0.930. The van der Waals surface area contributed by atoms with E-state index in [9.17, 15) is 0 Å². The molecule has 2 N–H and O–H groups in total. The van der Waals surface area contributed by atoms with Crippen molar-refractivity contribution in [1.82, 2.24) is 4.90 Å². The van der Waals surface area contributed by atoms with Crippen LogP contribution in [-0.4, -0.2) is 32.1 Å². The van der Waals surface area contributed by atoms with Crippen molar-refractivity contribution in [2.45, 2.75) is 0 Å². The third-order valence-corrected chi connectivity index (χ3v) is 1.67. The van der Waals surface area contributed by atoms with Crippen molar-refractivity contribution < 1.29 is 4.74 Å². The quantitative estimate of drug-likeness (QED) is 0.778. The minimum absolute atomic E-state index is 0. The molecule has 0 aliphatic rings. The third-order valence-electron chi connectivity index (χ3n) is 1.67. The van der Waals surface area contributed by atoms with Gasteiger partial charge in [0.2, 0.25) is 0 Å². The number of nitrogens with zero attached hydrogens (tertiary/aromatic N) is 1. The second-order valence-corrected chi connectivity index (χ2v) is 3.22. The normalized spacial score (nSPS) is 9.64. The Labute approximate surface area is 91.3 Å². The molecule has 14 heavy (non-hydrogen) atoms. The number of benzene rings is 1.